The molecule has 0 spiro atoms. The molecule has 1 aliphatic carbocycles. The standard InChI is InChI=1S/C16H26N2O8.4Na/c19-13(20)5-11(15(23)24)17-7-9-1-2-10(4-3-9)8-18-12(16(25)26)6-14(21)22;;;;/h9-12,17-18H,1-8H2,(H,19,20)(H,21,22)(H,23,24)(H,25,26);;;;. The van der Waals surface area contributed by atoms with Crippen LogP contribution in [0.3, 0.4) is 0 Å². The monoisotopic (exact) mass is 466 g/mol. The summed E-state index contributed by atoms with van der Waals surface area (Å²) in [6.07, 6.45) is 2.30. The number of nitrogens with one attached hydrogen (secondary N) is 2. The fourth-order valence-corrected chi connectivity index (χ4v) is 3.10. The quantitative estimate of drug-likeness (QED) is 0.182. The first-order chi connectivity index (χ1) is 12.2. The van der Waals surface area contributed by atoms with Gasteiger partial charge >= 0.3 is 23.9 Å². The number of carboxylic acid groups (broad SMARTS) is 4. The van der Waals surface area contributed by atoms with Gasteiger partial charge in [-0.05, 0) is 50.6 Å². The Labute approximate surface area is 264 Å². The molecule has 6 N–H and O–H groups in total. The van der Waals surface area contributed by atoms with E-state index in [4.69, 9.17) is 20.4 Å². The van der Waals surface area contributed by atoms with E-state index < -0.39 is 48.8 Å². The summed E-state index contributed by atoms with van der Waals surface area (Å²) in [5.74, 6) is -4.26. The predicted molar refractivity (Wildman–Crippen MR) is 112 cm³/mol. The molecule has 14 heteroatoms. The van der Waals surface area contributed by atoms with Crippen LogP contribution in [0.25, 0.3) is 0 Å². The number of aliphatic carboxylic acids is 4. The average molecular weight is 466 g/mol. The maximum Gasteiger partial charge on any atom is 0.321 e. The van der Waals surface area contributed by atoms with Crippen LogP contribution in [0.15, 0.2) is 0 Å². The summed E-state index contributed by atoms with van der Waals surface area (Å²) in [6, 6.07) is -2.22. The van der Waals surface area contributed by atoms with Gasteiger partial charge in [0.05, 0.1) is 12.8 Å². The molecule has 10 nitrogen and oxygen atoms in total. The largest absolute Gasteiger partial charge is 0.481 e. The molecule has 0 bridgehead atoms. The molecule has 30 heavy (non-hydrogen) atoms. The van der Waals surface area contributed by atoms with Crippen molar-refractivity contribution in [3.8, 4) is 0 Å². The van der Waals surface area contributed by atoms with Crippen LogP contribution >= 0.6 is 0 Å². The van der Waals surface area contributed by atoms with Crippen molar-refractivity contribution >= 4 is 142 Å². The number of hydrogen-bond acceptors (Lipinski definition) is 6. The van der Waals surface area contributed by atoms with Crippen LogP contribution in [0.5, 0.6) is 0 Å². The minimum Gasteiger partial charge on any atom is -0.481 e. The van der Waals surface area contributed by atoms with Crippen LogP contribution in [-0.4, -0.2) is 188 Å². The maximum absolute atomic E-state index is 11.0. The molecular weight excluding hydrogens is 440 g/mol. The van der Waals surface area contributed by atoms with E-state index in [-0.39, 0.29) is 130 Å². The summed E-state index contributed by atoms with van der Waals surface area (Å²) < 4.78 is 0. The van der Waals surface area contributed by atoms with Crippen molar-refractivity contribution in [1.29, 1.82) is 0 Å². The van der Waals surface area contributed by atoms with Gasteiger partial charge in [0.25, 0.3) is 0 Å². The molecule has 1 rings (SSSR count). The van der Waals surface area contributed by atoms with Crippen LogP contribution in [-0.2, 0) is 19.2 Å². The van der Waals surface area contributed by atoms with Crippen LogP contribution in [0.4, 0.5) is 0 Å². The van der Waals surface area contributed by atoms with E-state index in [0.29, 0.717) is 13.1 Å². The zero-order chi connectivity index (χ0) is 19.7. The molecule has 1 saturated carbocycles. The molecule has 4 radical (unpaired) electrons. The van der Waals surface area contributed by atoms with Crippen LogP contribution < -0.4 is 10.6 Å². The minimum absolute atomic E-state index is 0. The first kappa shape index (κ1) is 39.0. The Balaban J connectivity index is -0.000000845. The van der Waals surface area contributed by atoms with Gasteiger partial charge in [0.15, 0.2) is 0 Å². The van der Waals surface area contributed by atoms with Gasteiger partial charge in [0.2, 0.25) is 0 Å². The Bertz CT molecular complexity index is 487. The molecule has 0 aliphatic heterocycles. The molecule has 0 aromatic carbocycles. The molecular formula is C16H26N2Na4O8. The second kappa shape index (κ2) is 21.3. The van der Waals surface area contributed by atoms with Crippen molar-refractivity contribution in [2.24, 2.45) is 11.8 Å². The van der Waals surface area contributed by atoms with Gasteiger partial charge in [0.1, 0.15) is 12.1 Å². The summed E-state index contributed by atoms with van der Waals surface area (Å²) in [5, 5.41) is 41.0. The first-order valence-corrected chi connectivity index (χ1v) is 8.55. The van der Waals surface area contributed by atoms with Crippen molar-refractivity contribution in [2.75, 3.05) is 13.1 Å². The summed E-state index contributed by atoms with van der Waals surface area (Å²) in [6.45, 7) is 0.836. The third-order valence-corrected chi connectivity index (χ3v) is 4.63. The van der Waals surface area contributed by atoms with Gasteiger partial charge in [-0.2, -0.15) is 0 Å². The van der Waals surface area contributed by atoms with E-state index >= 15 is 0 Å². The zero-order valence-electron chi connectivity index (χ0n) is 18.4. The number of rotatable bonds is 12. The normalized spacial score (nSPS) is 19.3. The van der Waals surface area contributed by atoms with Crippen LogP contribution in [0.1, 0.15) is 38.5 Å². The molecule has 152 valence electrons. The summed E-state index contributed by atoms with van der Waals surface area (Å²) >= 11 is 0. The summed E-state index contributed by atoms with van der Waals surface area (Å²) in [4.78, 5) is 43.4. The van der Waals surface area contributed by atoms with E-state index in [2.05, 4.69) is 10.6 Å². The van der Waals surface area contributed by atoms with E-state index in [1.807, 2.05) is 0 Å². The third-order valence-electron chi connectivity index (χ3n) is 4.63. The van der Waals surface area contributed by atoms with Crippen LogP contribution in [0, 0.1) is 11.8 Å². The SMILES string of the molecule is O=C(O)CC(NCC1CCC(CNC(CC(=O)O)C(=O)O)CC1)C(=O)O.[Na].[Na].[Na].[Na]. The van der Waals surface area contributed by atoms with E-state index in [1.165, 1.54) is 0 Å². The Hall–Kier alpha value is 1.80. The molecule has 2 atom stereocenters. The van der Waals surface area contributed by atoms with Gasteiger partial charge in [-0.3, -0.25) is 19.2 Å². The summed E-state index contributed by atoms with van der Waals surface area (Å²) in [5.41, 5.74) is 0. The smallest absolute Gasteiger partial charge is 0.321 e. The molecule has 2 unspecified atom stereocenters. The number of carboxylic acids is 4. The Morgan fingerprint density at radius 2 is 0.900 bits per heavy atom. The van der Waals surface area contributed by atoms with Crippen molar-refractivity contribution in [1.82, 2.24) is 10.6 Å². The van der Waals surface area contributed by atoms with Crippen molar-refractivity contribution < 1.29 is 39.6 Å². The molecule has 0 aromatic rings. The number of carbonyl (C=O) groups is 4. The molecule has 1 aliphatic rings. The van der Waals surface area contributed by atoms with E-state index in [1.54, 1.807) is 0 Å². The van der Waals surface area contributed by atoms with Gasteiger partial charge in [-0.25, -0.2) is 0 Å². The summed E-state index contributed by atoms with van der Waals surface area (Å²) in [7, 11) is 0. The Kier molecular flexibility index (Phi) is 27.8. The predicted octanol–water partition coefficient (Wildman–Crippen LogP) is -1.70. The molecule has 0 amide bonds. The average Bonchev–Trinajstić information content (AvgIpc) is 2.55. The maximum atomic E-state index is 11.0. The fraction of sp³-hybridized carbons (Fsp3) is 0.750. The van der Waals surface area contributed by atoms with E-state index in [9.17, 15) is 19.2 Å². The third kappa shape index (κ3) is 17.3. The molecule has 0 aromatic heterocycles. The van der Waals surface area contributed by atoms with Gasteiger partial charge in [-0.15, -0.1) is 0 Å². The second-order valence-electron chi connectivity index (χ2n) is 6.68. The minimum atomic E-state index is -1.19. The van der Waals surface area contributed by atoms with Crippen LogP contribution in [0.2, 0.25) is 0 Å². The zero-order valence-corrected chi connectivity index (χ0v) is 26.4. The van der Waals surface area contributed by atoms with Gasteiger partial charge in [-0.1, -0.05) is 0 Å². The Morgan fingerprint density at radius 3 is 1.10 bits per heavy atom. The molecule has 1 fully saturated rings. The van der Waals surface area contributed by atoms with Crippen molar-refractivity contribution in [3.05, 3.63) is 0 Å². The first-order valence-electron chi connectivity index (χ1n) is 8.55. The fourth-order valence-electron chi connectivity index (χ4n) is 3.10. The van der Waals surface area contributed by atoms with Gasteiger partial charge in [0, 0.05) is 118 Å². The van der Waals surface area contributed by atoms with E-state index in [0.717, 1.165) is 25.7 Å². The van der Waals surface area contributed by atoms with Crippen molar-refractivity contribution in [2.45, 2.75) is 50.6 Å². The van der Waals surface area contributed by atoms with Crippen molar-refractivity contribution in [3.63, 3.8) is 0 Å². The molecule has 0 saturated heterocycles. The topological polar surface area (TPSA) is 173 Å². The van der Waals surface area contributed by atoms with Gasteiger partial charge < -0.3 is 31.1 Å². The molecule has 0 heterocycles. The second-order valence-corrected chi connectivity index (χ2v) is 6.68. The number of hydrogen-bond donors (Lipinski definition) is 6. The Morgan fingerprint density at radius 1 is 0.633 bits per heavy atom.